The molecule has 2 aromatic carbocycles. The summed E-state index contributed by atoms with van der Waals surface area (Å²) in [5.74, 6) is 0.817. The van der Waals surface area contributed by atoms with Crippen molar-refractivity contribution in [2.24, 2.45) is 0 Å². The summed E-state index contributed by atoms with van der Waals surface area (Å²) in [4.78, 5) is 40.9. The van der Waals surface area contributed by atoms with Crippen LogP contribution in [-0.4, -0.2) is 58.5 Å². The van der Waals surface area contributed by atoms with E-state index in [4.69, 9.17) is 24.0 Å². The molecule has 2 saturated heterocycles. The molecule has 2 aliphatic heterocycles. The number of nitrogen functional groups attached to an aromatic ring is 1. The van der Waals surface area contributed by atoms with E-state index >= 15 is 0 Å². The molecule has 1 amide bonds. The average molecular weight is 766 g/mol. The van der Waals surface area contributed by atoms with Gasteiger partial charge in [0.2, 0.25) is 10.9 Å². The first kappa shape index (κ1) is 34.4. The van der Waals surface area contributed by atoms with Crippen LogP contribution in [-0.2, 0) is 9.47 Å². The van der Waals surface area contributed by atoms with E-state index in [9.17, 15) is 14.4 Å². The summed E-state index contributed by atoms with van der Waals surface area (Å²) in [7, 11) is 0. The SMILES string of the molecule is Nc1ccccc1.O=C(Nc1ccccc1)c1csc2c(=O)cc(N3CCOCC3)oc12.O=c1cc(N2CCOCC2)oc2c(Br)csc12. The van der Waals surface area contributed by atoms with Gasteiger partial charge in [-0.05, 0) is 40.2 Å². The minimum Gasteiger partial charge on any atom is -0.439 e. The van der Waals surface area contributed by atoms with Gasteiger partial charge in [-0.15, -0.1) is 22.7 Å². The van der Waals surface area contributed by atoms with Gasteiger partial charge in [-0.3, -0.25) is 14.4 Å². The molecular formula is C35H33BrN4O7S2. The lowest BCUT2D eigenvalue weighted by atomic mass is 10.2. The Balaban J connectivity index is 0.000000149. The van der Waals surface area contributed by atoms with Crippen molar-refractivity contribution in [3.05, 3.63) is 114 Å². The third-order valence-corrected chi connectivity index (χ3v) is 10.4. The number of carbonyl (C=O) groups is 1. The number of nitrogens with one attached hydrogen (secondary N) is 1. The Morgan fingerprint density at radius 2 is 1.20 bits per heavy atom. The van der Waals surface area contributed by atoms with Gasteiger partial charge in [0, 0.05) is 60.4 Å². The molecule has 0 aliphatic carbocycles. The minimum absolute atomic E-state index is 0.0171. The number of ether oxygens (including phenoxy) is 2. The van der Waals surface area contributed by atoms with Crippen LogP contribution >= 0.6 is 38.6 Å². The van der Waals surface area contributed by atoms with Gasteiger partial charge in [-0.2, -0.15) is 0 Å². The van der Waals surface area contributed by atoms with E-state index in [1.807, 2.05) is 75.8 Å². The predicted molar refractivity (Wildman–Crippen MR) is 200 cm³/mol. The highest BCUT2D eigenvalue weighted by Gasteiger charge is 2.21. The molecule has 2 aliphatic rings. The topological polar surface area (TPSA) is 140 Å². The van der Waals surface area contributed by atoms with Crippen molar-refractivity contribution in [3.63, 3.8) is 0 Å². The van der Waals surface area contributed by atoms with Crippen LogP contribution in [0.5, 0.6) is 0 Å². The number of carbonyl (C=O) groups excluding carboxylic acids is 1. The second-order valence-corrected chi connectivity index (χ2v) is 13.5. The Hall–Kier alpha value is -4.47. The van der Waals surface area contributed by atoms with Gasteiger partial charge in [-0.1, -0.05) is 36.4 Å². The van der Waals surface area contributed by atoms with Crippen LogP contribution in [0.2, 0.25) is 0 Å². The number of amides is 1. The van der Waals surface area contributed by atoms with Crippen molar-refractivity contribution >= 4 is 88.2 Å². The van der Waals surface area contributed by atoms with Crippen LogP contribution in [0.25, 0.3) is 20.6 Å². The van der Waals surface area contributed by atoms with E-state index in [1.54, 1.807) is 11.4 Å². The number of morpholine rings is 2. The number of benzene rings is 2. The van der Waals surface area contributed by atoms with Gasteiger partial charge in [0.25, 0.3) is 5.91 Å². The summed E-state index contributed by atoms with van der Waals surface area (Å²) in [5, 5.41) is 6.36. The first-order valence-electron chi connectivity index (χ1n) is 15.5. The average Bonchev–Trinajstić information content (AvgIpc) is 3.75. The van der Waals surface area contributed by atoms with Crippen LogP contribution in [0.3, 0.4) is 0 Å². The molecule has 8 rings (SSSR count). The zero-order valence-electron chi connectivity index (χ0n) is 26.3. The molecule has 3 N–H and O–H groups in total. The van der Waals surface area contributed by atoms with E-state index in [0.29, 0.717) is 83.1 Å². The maximum absolute atomic E-state index is 12.6. The zero-order chi connectivity index (χ0) is 34.2. The Morgan fingerprint density at radius 1 is 0.714 bits per heavy atom. The lowest BCUT2D eigenvalue weighted by molar-refractivity contribution is 0.102. The highest BCUT2D eigenvalue weighted by Crippen LogP contribution is 2.31. The number of thiophene rings is 2. The number of nitrogens with two attached hydrogens (primary N) is 1. The van der Waals surface area contributed by atoms with E-state index in [1.165, 1.54) is 28.7 Å². The molecule has 0 bridgehead atoms. The van der Waals surface area contributed by atoms with Crippen LogP contribution in [0.1, 0.15) is 10.4 Å². The number of para-hydroxylation sites is 2. The molecule has 0 atom stereocenters. The van der Waals surface area contributed by atoms with Crippen LogP contribution in [0.15, 0.2) is 106 Å². The van der Waals surface area contributed by atoms with E-state index < -0.39 is 0 Å². The first-order chi connectivity index (χ1) is 23.9. The fourth-order valence-electron chi connectivity index (χ4n) is 5.04. The van der Waals surface area contributed by atoms with Gasteiger partial charge in [-0.25, -0.2) is 0 Å². The lowest BCUT2D eigenvalue weighted by Gasteiger charge is -2.27. The molecule has 4 aromatic heterocycles. The molecule has 0 saturated carbocycles. The predicted octanol–water partition coefficient (Wildman–Crippen LogP) is 6.67. The largest absolute Gasteiger partial charge is 0.439 e. The second kappa shape index (κ2) is 16.3. The molecule has 14 heteroatoms. The molecule has 6 aromatic rings. The van der Waals surface area contributed by atoms with Gasteiger partial charge < -0.3 is 39.2 Å². The second-order valence-electron chi connectivity index (χ2n) is 10.9. The maximum atomic E-state index is 12.6. The molecule has 2 fully saturated rings. The number of anilines is 4. The van der Waals surface area contributed by atoms with Crippen molar-refractivity contribution in [2.45, 2.75) is 0 Å². The minimum atomic E-state index is -0.292. The Morgan fingerprint density at radius 3 is 1.73 bits per heavy atom. The summed E-state index contributed by atoms with van der Waals surface area (Å²) >= 11 is 6.02. The first-order valence-corrected chi connectivity index (χ1v) is 18.0. The Labute approximate surface area is 297 Å². The van der Waals surface area contributed by atoms with Crippen molar-refractivity contribution in [2.75, 3.05) is 73.5 Å². The molecule has 0 spiro atoms. The van der Waals surface area contributed by atoms with Gasteiger partial charge in [0.1, 0.15) is 9.40 Å². The van der Waals surface area contributed by atoms with Crippen LogP contribution in [0, 0.1) is 0 Å². The molecule has 49 heavy (non-hydrogen) atoms. The Kier molecular flexibility index (Phi) is 11.4. The van der Waals surface area contributed by atoms with Crippen molar-refractivity contribution < 1.29 is 23.1 Å². The van der Waals surface area contributed by atoms with Crippen molar-refractivity contribution in [3.8, 4) is 0 Å². The number of rotatable bonds is 4. The number of hydrogen-bond acceptors (Lipinski definition) is 12. The highest BCUT2D eigenvalue weighted by atomic mass is 79.9. The van der Waals surface area contributed by atoms with Crippen LogP contribution < -0.4 is 31.7 Å². The van der Waals surface area contributed by atoms with E-state index in [-0.39, 0.29) is 16.8 Å². The molecule has 0 radical (unpaired) electrons. The maximum Gasteiger partial charge on any atom is 0.260 e. The fraction of sp³-hybridized carbons (Fsp3) is 0.229. The molecule has 6 heterocycles. The van der Waals surface area contributed by atoms with E-state index in [0.717, 1.165) is 23.2 Å². The molecule has 11 nitrogen and oxygen atoms in total. The van der Waals surface area contributed by atoms with Gasteiger partial charge >= 0.3 is 0 Å². The summed E-state index contributed by atoms with van der Waals surface area (Å²) < 4.78 is 24.3. The van der Waals surface area contributed by atoms with Crippen molar-refractivity contribution in [1.82, 2.24) is 0 Å². The molecule has 254 valence electrons. The number of fused-ring (bicyclic) bond motifs is 2. The van der Waals surface area contributed by atoms with Gasteiger partial charge in [0.05, 0.1) is 36.5 Å². The molecule has 0 unspecified atom stereocenters. The summed E-state index contributed by atoms with van der Waals surface area (Å²) in [5.41, 5.74) is 8.11. The lowest BCUT2D eigenvalue weighted by Crippen LogP contribution is -2.36. The smallest absolute Gasteiger partial charge is 0.260 e. The highest BCUT2D eigenvalue weighted by molar-refractivity contribution is 9.10. The van der Waals surface area contributed by atoms with E-state index in [2.05, 4.69) is 21.2 Å². The monoisotopic (exact) mass is 764 g/mol. The van der Waals surface area contributed by atoms with Gasteiger partial charge in [0.15, 0.2) is 22.9 Å². The third kappa shape index (κ3) is 8.58. The zero-order valence-corrected chi connectivity index (χ0v) is 29.5. The normalized spacial score (nSPS) is 14.5. The third-order valence-electron chi connectivity index (χ3n) is 7.54. The Bertz CT molecular complexity index is 2120. The van der Waals surface area contributed by atoms with Crippen LogP contribution in [0.4, 0.5) is 23.1 Å². The standard InChI is InChI=1S/C18H16N2O4S.C11H10BrNO3S.C6H7N/c21-14-10-15(20-6-8-23-9-7-20)24-16-13(11-25-17(14)16)18(22)19-12-4-2-1-3-5-12;12-7-6-17-11-8(14)5-9(16-10(7)11)13-1-3-15-4-2-13;7-6-4-2-1-3-5-6/h1-5,10-11H,6-9H2,(H,19,22);5-6H,1-4H2;1-5H,7H2. The summed E-state index contributed by atoms with van der Waals surface area (Å²) in [6.45, 7) is 5.36. The molecular weight excluding hydrogens is 732 g/mol. The number of halogens is 1. The number of hydrogen-bond donors (Lipinski definition) is 2. The van der Waals surface area contributed by atoms with Crippen molar-refractivity contribution in [1.29, 1.82) is 0 Å². The quantitative estimate of drug-likeness (QED) is 0.187. The summed E-state index contributed by atoms with van der Waals surface area (Å²) in [6.07, 6.45) is 0. The number of nitrogens with zero attached hydrogens (tertiary/aromatic N) is 2. The fourth-order valence-corrected chi connectivity index (χ4v) is 7.38. The summed E-state index contributed by atoms with van der Waals surface area (Å²) in [6, 6.07) is 21.7.